The van der Waals surface area contributed by atoms with Gasteiger partial charge in [0.15, 0.2) is 0 Å². The number of carboxylic acid groups (broad SMARTS) is 1. The number of nitrogens with one attached hydrogen (secondary N) is 1. The highest BCUT2D eigenvalue weighted by Crippen LogP contribution is 2.23. The van der Waals surface area contributed by atoms with E-state index in [1.807, 2.05) is 42.5 Å². The van der Waals surface area contributed by atoms with Gasteiger partial charge < -0.3 is 10.4 Å². The molecule has 3 aromatic rings. The smallest absolute Gasteiger partial charge is 0.308 e. The monoisotopic (exact) mass is 298 g/mol. The number of aliphatic carboxylic acids is 1. The molecule has 0 saturated carbocycles. The van der Waals surface area contributed by atoms with Gasteiger partial charge in [-0.25, -0.2) is 0 Å². The van der Waals surface area contributed by atoms with Gasteiger partial charge in [-0.15, -0.1) is 11.3 Å². The Hall–Kier alpha value is -2.40. The minimum absolute atomic E-state index is 0.0838. The van der Waals surface area contributed by atoms with Gasteiger partial charge in [-0.1, -0.05) is 18.2 Å². The van der Waals surface area contributed by atoms with Gasteiger partial charge in [-0.2, -0.15) is 0 Å². The molecule has 5 heteroatoms. The molecule has 0 spiro atoms. The number of pyridine rings is 1. The summed E-state index contributed by atoms with van der Waals surface area (Å²) >= 11 is 1.52. The Bertz CT molecular complexity index is 777. The Kier molecular flexibility index (Phi) is 3.83. The topological polar surface area (TPSA) is 62.2 Å². The molecule has 0 unspecified atom stereocenters. The molecule has 0 saturated heterocycles. The van der Waals surface area contributed by atoms with Crippen molar-refractivity contribution in [3.05, 3.63) is 58.4 Å². The third-order valence-corrected chi connectivity index (χ3v) is 4.21. The lowest BCUT2D eigenvalue weighted by molar-refractivity contribution is -0.136. The number of carbonyl (C=O) groups is 1. The molecule has 0 fully saturated rings. The van der Waals surface area contributed by atoms with E-state index in [2.05, 4.69) is 10.3 Å². The zero-order valence-electron chi connectivity index (χ0n) is 11.2. The highest BCUT2D eigenvalue weighted by atomic mass is 32.1. The van der Waals surface area contributed by atoms with E-state index in [1.165, 1.54) is 11.3 Å². The normalized spacial score (nSPS) is 10.7. The Morgan fingerprint density at radius 1 is 1.14 bits per heavy atom. The molecule has 0 radical (unpaired) electrons. The van der Waals surface area contributed by atoms with Gasteiger partial charge in [-0.3, -0.25) is 9.78 Å². The van der Waals surface area contributed by atoms with Crippen molar-refractivity contribution in [2.75, 3.05) is 5.32 Å². The number of fused-ring (bicyclic) bond motifs is 1. The van der Waals surface area contributed by atoms with Crippen LogP contribution in [0.25, 0.3) is 10.9 Å². The van der Waals surface area contributed by atoms with Crippen LogP contribution in [0, 0.1) is 0 Å². The summed E-state index contributed by atoms with van der Waals surface area (Å²) in [4.78, 5) is 17.1. The van der Waals surface area contributed by atoms with Crippen molar-refractivity contribution in [3.8, 4) is 0 Å². The van der Waals surface area contributed by atoms with Crippen LogP contribution in [0.5, 0.6) is 0 Å². The van der Waals surface area contributed by atoms with Gasteiger partial charge in [0, 0.05) is 27.9 Å². The second-order valence-electron chi connectivity index (χ2n) is 4.67. The minimum Gasteiger partial charge on any atom is -0.481 e. The summed E-state index contributed by atoms with van der Waals surface area (Å²) in [7, 11) is 0. The molecule has 4 nitrogen and oxygen atoms in total. The molecule has 106 valence electrons. The van der Waals surface area contributed by atoms with Crippen LogP contribution in [-0.2, 0) is 17.8 Å². The second kappa shape index (κ2) is 5.93. The first-order valence-electron chi connectivity index (χ1n) is 6.59. The van der Waals surface area contributed by atoms with Gasteiger partial charge in [0.2, 0.25) is 0 Å². The van der Waals surface area contributed by atoms with Crippen LogP contribution in [0.3, 0.4) is 0 Å². The highest BCUT2D eigenvalue weighted by Gasteiger charge is 2.06. The lowest BCUT2D eigenvalue weighted by Crippen LogP contribution is -1.99. The maximum atomic E-state index is 10.7. The third kappa shape index (κ3) is 3.20. The van der Waals surface area contributed by atoms with Crippen LogP contribution in [0.15, 0.2) is 48.7 Å². The standard InChI is InChI=1S/C16H14N2O2S/c19-15(20)9-12-6-7-13(21-12)10-18-14-5-1-3-11-4-2-8-17-16(11)14/h1-8,18H,9-10H2,(H,19,20). The van der Waals surface area contributed by atoms with E-state index in [0.717, 1.165) is 26.3 Å². The van der Waals surface area contributed by atoms with Gasteiger partial charge in [0.25, 0.3) is 0 Å². The molecule has 0 aliphatic heterocycles. The molecule has 3 rings (SSSR count). The van der Waals surface area contributed by atoms with Crippen LogP contribution in [0.2, 0.25) is 0 Å². The Balaban J connectivity index is 1.74. The molecule has 2 aromatic heterocycles. The Labute approximate surface area is 126 Å². The first-order valence-corrected chi connectivity index (χ1v) is 7.41. The number of rotatable bonds is 5. The average molecular weight is 298 g/mol. The second-order valence-corrected chi connectivity index (χ2v) is 5.93. The summed E-state index contributed by atoms with van der Waals surface area (Å²) in [5.74, 6) is -0.797. The van der Waals surface area contributed by atoms with E-state index in [4.69, 9.17) is 5.11 Å². The third-order valence-electron chi connectivity index (χ3n) is 3.13. The van der Waals surface area contributed by atoms with Crippen molar-refractivity contribution < 1.29 is 9.90 Å². The van der Waals surface area contributed by atoms with Crippen LogP contribution in [-0.4, -0.2) is 16.1 Å². The van der Waals surface area contributed by atoms with E-state index in [1.54, 1.807) is 6.20 Å². The number of hydrogen-bond acceptors (Lipinski definition) is 4. The van der Waals surface area contributed by atoms with Crippen molar-refractivity contribution >= 4 is 33.9 Å². The molecule has 21 heavy (non-hydrogen) atoms. The number of aromatic nitrogens is 1. The van der Waals surface area contributed by atoms with Crippen molar-refractivity contribution in [1.82, 2.24) is 4.98 Å². The lowest BCUT2D eigenvalue weighted by atomic mass is 10.2. The van der Waals surface area contributed by atoms with E-state index in [9.17, 15) is 4.79 Å². The summed E-state index contributed by atoms with van der Waals surface area (Å²) in [5, 5.41) is 13.3. The lowest BCUT2D eigenvalue weighted by Gasteiger charge is -2.07. The van der Waals surface area contributed by atoms with E-state index < -0.39 is 5.97 Å². The summed E-state index contributed by atoms with van der Waals surface area (Å²) in [6.45, 7) is 0.667. The Morgan fingerprint density at radius 2 is 1.95 bits per heavy atom. The van der Waals surface area contributed by atoms with Crippen LogP contribution in [0.4, 0.5) is 5.69 Å². The van der Waals surface area contributed by atoms with Gasteiger partial charge in [-0.05, 0) is 24.3 Å². The molecule has 2 heterocycles. The molecule has 0 atom stereocenters. The molecular weight excluding hydrogens is 284 g/mol. The van der Waals surface area contributed by atoms with Crippen LogP contribution < -0.4 is 5.32 Å². The molecule has 2 N–H and O–H groups in total. The van der Waals surface area contributed by atoms with Gasteiger partial charge >= 0.3 is 5.97 Å². The summed E-state index contributed by atoms with van der Waals surface area (Å²) in [6, 6.07) is 13.8. The number of benzene rings is 1. The number of para-hydroxylation sites is 1. The maximum absolute atomic E-state index is 10.7. The fourth-order valence-corrected chi connectivity index (χ4v) is 3.14. The summed E-state index contributed by atoms with van der Waals surface area (Å²) < 4.78 is 0. The van der Waals surface area contributed by atoms with Crippen molar-refractivity contribution in [3.63, 3.8) is 0 Å². The fourth-order valence-electron chi connectivity index (χ4n) is 2.19. The minimum atomic E-state index is -0.797. The fraction of sp³-hybridized carbons (Fsp3) is 0.125. The number of anilines is 1. The van der Waals surface area contributed by atoms with Crippen molar-refractivity contribution in [2.45, 2.75) is 13.0 Å². The van der Waals surface area contributed by atoms with Crippen molar-refractivity contribution in [2.24, 2.45) is 0 Å². The molecule has 0 amide bonds. The summed E-state index contributed by atoms with van der Waals surface area (Å²) in [6.07, 6.45) is 1.87. The predicted molar refractivity (Wildman–Crippen MR) is 84.7 cm³/mol. The number of nitrogens with zero attached hydrogens (tertiary/aromatic N) is 1. The number of hydrogen-bond donors (Lipinski definition) is 2. The molecule has 0 aliphatic carbocycles. The van der Waals surface area contributed by atoms with E-state index in [-0.39, 0.29) is 6.42 Å². The predicted octanol–water partition coefficient (Wildman–Crippen LogP) is 3.54. The largest absolute Gasteiger partial charge is 0.481 e. The molecule has 1 aromatic carbocycles. The maximum Gasteiger partial charge on any atom is 0.308 e. The van der Waals surface area contributed by atoms with Crippen LogP contribution in [0.1, 0.15) is 9.75 Å². The zero-order valence-corrected chi connectivity index (χ0v) is 12.1. The molecular formula is C16H14N2O2S. The van der Waals surface area contributed by atoms with Gasteiger partial charge in [0.05, 0.1) is 17.6 Å². The molecule has 0 aliphatic rings. The first kappa shape index (κ1) is 13.6. The number of carboxylic acids is 1. The van der Waals surface area contributed by atoms with E-state index in [0.29, 0.717) is 6.54 Å². The quantitative estimate of drug-likeness (QED) is 0.756. The SMILES string of the molecule is O=C(O)Cc1ccc(CNc2cccc3cccnc23)s1. The number of thiophene rings is 1. The summed E-state index contributed by atoms with van der Waals surface area (Å²) in [5.41, 5.74) is 1.93. The highest BCUT2D eigenvalue weighted by molar-refractivity contribution is 7.12. The van der Waals surface area contributed by atoms with E-state index >= 15 is 0 Å². The Morgan fingerprint density at radius 3 is 2.81 bits per heavy atom. The van der Waals surface area contributed by atoms with Crippen molar-refractivity contribution in [1.29, 1.82) is 0 Å². The zero-order chi connectivity index (χ0) is 14.7. The average Bonchev–Trinajstić information content (AvgIpc) is 2.92. The van der Waals surface area contributed by atoms with Gasteiger partial charge in [0.1, 0.15) is 0 Å². The first-order chi connectivity index (χ1) is 10.2. The molecule has 0 bridgehead atoms. The van der Waals surface area contributed by atoms with Crippen LogP contribution >= 0.6 is 11.3 Å².